The van der Waals surface area contributed by atoms with Crippen molar-refractivity contribution in [2.75, 3.05) is 18.5 Å². The maximum absolute atomic E-state index is 12.5. The van der Waals surface area contributed by atoms with Gasteiger partial charge in [0, 0.05) is 11.3 Å². The molecule has 0 unspecified atom stereocenters. The van der Waals surface area contributed by atoms with Crippen LogP contribution in [0.4, 0.5) is 5.69 Å². The van der Waals surface area contributed by atoms with Gasteiger partial charge in [-0.1, -0.05) is 18.2 Å². The lowest BCUT2D eigenvalue weighted by Gasteiger charge is -2.13. The number of nitrogens with one attached hydrogen (secondary N) is 2. The zero-order valence-electron chi connectivity index (χ0n) is 18.3. The summed E-state index contributed by atoms with van der Waals surface area (Å²) in [6.45, 7) is 4.75. The molecular weight excluding hydrogens is 504 g/mol. The minimum absolute atomic E-state index is 0.0390. The molecule has 3 aromatic rings. The van der Waals surface area contributed by atoms with Gasteiger partial charge < -0.3 is 19.5 Å². The van der Waals surface area contributed by atoms with Crippen LogP contribution >= 0.6 is 28.1 Å². The van der Waals surface area contributed by atoms with Gasteiger partial charge in [-0.2, -0.15) is 0 Å². The second-order valence-corrected chi connectivity index (χ2v) is 8.52. The molecule has 33 heavy (non-hydrogen) atoms. The van der Waals surface area contributed by atoms with Gasteiger partial charge in [0.15, 0.2) is 5.11 Å². The van der Waals surface area contributed by atoms with E-state index >= 15 is 0 Å². The molecule has 1 amide bonds. The summed E-state index contributed by atoms with van der Waals surface area (Å²) in [5.41, 5.74) is 1.19. The third-order valence-electron chi connectivity index (χ3n) is 4.26. The van der Waals surface area contributed by atoms with E-state index in [0.29, 0.717) is 34.7 Å². The Morgan fingerprint density at radius 2 is 1.58 bits per heavy atom. The molecule has 0 spiro atoms. The second-order valence-electron chi connectivity index (χ2n) is 7.25. The number of halogens is 1. The van der Waals surface area contributed by atoms with Gasteiger partial charge in [0.2, 0.25) is 0 Å². The quantitative estimate of drug-likeness (QED) is 0.269. The van der Waals surface area contributed by atoms with Crippen molar-refractivity contribution in [2.45, 2.75) is 20.0 Å². The molecule has 3 rings (SSSR count). The molecule has 0 fully saturated rings. The summed E-state index contributed by atoms with van der Waals surface area (Å²) in [7, 11) is 0. The Hall–Kier alpha value is -3.10. The lowest BCUT2D eigenvalue weighted by Crippen LogP contribution is -2.34. The molecule has 0 saturated carbocycles. The first-order valence-corrected chi connectivity index (χ1v) is 11.6. The predicted octanol–water partition coefficient (Wildman–Crippen LogP) is 5.82. The molecule has 0 atom stereocenters. The number of amides is 1. The second kappa shape index (κ2) is 12.2. The Labute approximate surface area is 207 Å². The van der Waals surface area contributed by atoms with E-state index in [1.54, 1.807) is 18.2 Å². The van der Waals surface area contributed by atoms with Crippen molar-refractivity contribution in [1.82, 2.24) is 5.32 Å². The molecule has 0 heterocycles. The van der Waals surface area contributed by atoms with Crippen LogP contribution < -0.4 is 24.8 Å². The lowest BCUT2D eigenvalue weighted by atomic mass is 10.2. The third kappa shape index (κ3) is 8.07. The average molecular weight is 529 g/mol. The number of carbonyl (C=O) groups excluding carboxylic acids is 1. The molecule has 8 heteroatoms. The van der Waals surface area contributed by atoms with Crippen LogP contribution in [-0.2, 0) is 0 Å². The van der Waals surface area contributed by atoms with Crippen molar-refractivity contribution in [1.29, 1.82) is 0 Å². The highest BCUT2D eigenvalue weighted by molar-refractivity contribution is 9.10. The Balaban J connectivity index is 1.44. The van der Waals surface area contributed by atoms with E-state index in [9.17, 15) is 4.79 Å². The number of hydrogen-bond acceptors (Lipinski definition) is 5. The van der Waals surface area contributed by atoms with Crippen molar-refractivity contribution in [3.05, 3.63) is 82.8 Å². The largest absolute Gasteiger partial charge is 0.490 e. The molecule has 3 aromatic carbocycles. The zero-order valence-corrected chi connectivity index (χ0v) is 20.7. The maximum Gasteiger partial charge on any atom is 0.257 e. The number of hydrogen-bond donors (Lipinski definition) is 2. The molecule has 0 saturated heterocycles. The van der Waals surface area contributed by atoms with Crippen LogP contribution in [0.3, 0.4) is 0 Å². The number of anilines is 1. The first kappa shape index (κ1) is 24.5. The third-order valence-corrected chi connectivity index (χ3v) is 5.08. The highest BCUT2D eigenvalue weighted by Crippen LogP contribution is 2.27. The van der Waals surface area contributed by atoms with Crippen molar-refractivity contribution in [2.24, 2.45) is 0 Å². The fourth-order valence-corrected chi connectivity index (χ4v) is 3.48. The standard InChI is InChI=1S/C25H25BrN2O4S/c1-17(2)32-23-13-8-18(16-22(23)26)24(29)28-25(33)27-19-9-11-21(12-10-19)31-15-14-30-20-6-4-3-5-7-20/h3-13,16-17H,14-15H2,1-2H3,(H2,27,28,29,33). The van der Waals surface area contributed by atoms with E-state index in [1.807, 2.05) is 68.4 Å². The molecule has 0 aliphatic carbocycles. The van der Waals surface area contributed by atoms with E-state index in [4.69, 9.17) is 26.4 Å². The summed E-state index contributed by atoms with van der Waals surface area (Å²) >= 11 is 8.70. The Morgan fingerprint density at radius 3 is 2.18 bits per heavy atom. The van der Waals surface area contributed by atoms with Crippen LogP contribution in [0.2, 0.25) is 0 Å². The number of benzene rings is 3. The highest BCUT2D eigenvalue weighted by Gasteiger charge is 2.12. The van der Waals surface area contributed by atoms with Crippen molar-refractivity contribution < 1.29 is 19.0 Å². The minimum Gasteiger partial charge on any atom is -0.490 e. The first-order chi connectivity index (χ1) is 15.9. The van der Waals surface area contributed by atoms with Gasteiger partial charge in [-0.3, -0.25) is 10.1 Å². The molecule has 0 aliphatic heterocycles. The monoisotopic (exact) mass is 528 g/mol. The molecule has 0 aliphatic rings. The van der Waals surface area contributed by atoms with Crippen LogP contribution in [0, 0.1) is 0 Å². The van der Waals surface area contributed by atoms with Gasteiger partial charge in [0.1, 0.15) is 30.5 Å². The Kier molecular flexibility index (Phi) is 9.09. The zero-order chi connectivity index (χ0) is 23.6. The van der Waals surface area contributed by atoms with Gasteiger partial charge >= 0.3 is 0 Å². The van der Waals surface area contributed by atoms with Gasteiger partial charge in [-0.15, -0.1) is 0 Å². The number of rotatable bonds is 9. The number of para-hydroxylation sites is 1. The van der Waals surface area contributed by atoms with Crippen LogP contribution in [0.1, 0.15) is 24.2 Å². The van der Waals surface area contributed by atoms with E-state index in [0.717, 1.165) is 11.4 Å². The molecule has 2 N–H and O–H groups in total. The molecule has 0 radical (unpaired) electrons. The van der Waals surface area contributed by atoms with Gasteiger partial charge in [0.25, 0.3) is 5.91 Å². The first-order valence-electron chi connectivity index (χ1n) is 10.4. The van der Waals surface area contributed by atoms with Gasteiger partial charge in [-0.05, 0) is 96.6 Å². The smallest absolute Gasteiger partial charge is 0.257 e. The van der Waals surface area contributed by atoms with E-state index in [-0.39, 0.29) is 17.1 Å². The lowest BCUT2D eigenvalue weighted by molar-refractivity contribution is 0.0977. The van der Waals surface area contributed by atoms with Crippen molar-refractivity contribution in [3.63, 3.8) is 0 Å². The number of carbonyl (C=O) groups is 1. The van der Waals surface area contributed by atoms with E-state index in [2.05, 4.69) is 26.6 Å². The summed E-state index contributed by atoms with van der Waals surface area (Å²) in [5, 5.41) is 5.87. The normalized spacial score (nSPS) is 10.4. The SMILES string of the molecule is CC(C)Oc1ccc(C(=O)NC(=S)Nc2ccc(OCCOc3ccccc3)cc2)cc1Br. The molecular formula is C25H25BrN2O4S. The summed E-state index contributed by atoms with van der Waals surface area (Å²) in [5.74, 6) is 1.88. The van der Waals surface area contributed by atoms with Gasteiger partial charge in [-0.25, -0.2) is 0 Å². The number of thiocarbonyl (C=S) groups is 1. The highest BCUT2D eigenvalue weighted by atomic mass is 79.9. The fourth-order valence-electron chi connectivity index (χ4n) is 2.80. The van der Waals surface area contributed by atoms with E-state index in [1.165, 1.54) is 0 Å². The Bertz CT molecular complexity index is 1080. The molecule has 0 bridgehead atoms. The summed E-state index contributed by atoms with van der Waals surface area (Å²) in [4.78, 5) is 12.5. The average Bonchev–Trinajstić information content (AvgIpc) is 2.79. The van der Waals surface area contributed by atoms with Crippen LogP contribution in [0.25, 0.3) is 0 Å². The summed E-state index contributed by atoms with van der Waals surface area (Å²) in [6, 6.07) is 22.0. The summed E-state index contributed by atoms with van der Waals surface area (Å²) in [6.07, 6.45) is 0.0390. The fraction of sp³-hybridized carbons (Fsp3) is 0.200. The van der Waals surface area contributed by atoms with E-state index < -0.39 is 0 Å². The van der Waals surface area contributed by atoms with Crippen LogP contribution in [0.15, 0.2) is 77.3 Å². The molecule has 172 valence electrons. The topological polar surface area (TPSA) is 68.8 Å². The predicted molar refractivity (Wildman–Crippen MR) is 137 cm³/mol. The molecule has 6 nitrogen and oxygen atoms in total. The van der Waals surface area contributed by atoms with Crippen LogP contribution in [0.5, 0.6) is 17.2 Å². The maximum atomic E-state index is 12.5. The van der Waals surface area contributed by atoms with Gasteiger partial charge in [0.05, 0.1) is 10.6 Å². The Morgan fingerprint density at radius 1 is 0.939 bits per heavy atom. The van der Waals surface area contributed by atoms with Crippen molar-refractivity contribution >= 4 is 44.9 Å². The van der Waals surface area contributed by atoms with Crippen molar-refractivity contribution in [3.8, 4) is 17.2 Å². The molecule has 0 aromatic heterocycles. The minimum atomic E-state index is -0.317. The van der Waals surface area contributed by atoms with Crippen LogP contribution in [-0.4, -0.2) is 30.3 Å². The summed E-state index contributed by atoms with van der Waals surface area (Å²) < 4.78 is 17.7. The number of ether oxygens (including phenoxy) is 3.